The van der Waals surface area contributed by atoms with Gasteiger partial charge in [-0.15, -0.1) is 0 Å². The Labute approximate surface area is 269 Å². The third-order valence-corrected chi connectivity index (χ3v) is 10.3. The molecular formula is C43H45NO. The van der Waals surface area contributed by atoms with Crippen LogP contribution in [0.2, 0.25) is 0 Å². The van der Waals surface area contributed by atoms with Crippen molar-refractivity contribution in [2.45, 2.75) is 78.6 Å². The van der Waals surface area contributed by atoms with Crippen LogP contribution < -0.4 is 9.64 Å². The van der Waals surface area contributed by atoms with Crippen molar-refractivity contribution < 1.29 is 4.74 Å². The second kappa shape index (κ2) is 9.85. The molecule has 1 aliphatic carbocycles. The van der Waals surface area contributed by atoms with Crippen LogP contribution in [0.3, 0.4) is 0 Å². The Hall–Kier alpha value is -4.30. The number of fused-ring (bicyclic) bond motifs is 9. The van der Waals surface area contributed by atoms with Crippen LogP contribution >= 0.6 is 0 Å². The largest absolute Gasteiger partial charge is 0.496 e. The van der Waals surface area contributed by atoms with Crippen LogP contribution in [0.25, 0.3) is 11.1 Å². The van der Waals surface area contributed by atoms with Gasteiger partial charge in [-0.3, -0.25) is 0 Å². The van der Waals surface area contributed by atoms with Gasteiger partial charge >= 0.3 is 0 Å². The molecule has 45 heavy (non-hydrogen) atoms. The fourth-order valence-electron chi connectivity index (χ4n) is 7.64. The fourth-order valence-corrected chi connectivity index (χ4v) is 7.64. The summed E-state index contributed by atoms with van der Waals surface area (Å²) in [5, 5.41) is 0. The zero-order valence-corrected chi connectivity index (χ0v) is 28.5. The van der Waals surface area contributed by atoms with Crippen molar-refractivity contribution in [3.05, 3.63) is 141 Å². The number of methoxy groups -OCH3 is 1. The van der Waals surface area contributed by atoms with E-state index >= 15 is 0 Å². The second-order valence-electron chi connectivity index (χ2n) is 15.2. The lowest BCUT2D eigenvalue weighted by Gasteiger charge is -2.46. The molecule has 2 heteroatoms. The lowest BCUT2D eigenvalue weighted by atomic mass is 9.64. The summed E-state index contributed by atoms with van der Waals surface area (Å²) in [5.41, 5.74) is 17.5. The molecule has 0 radical (unpaired) electrons. The summed E-state index contributed by atoms with van der Waals surface area (Å²) in [6, 6.07) is 34.9. The van der Waals surface area contributed by atoms with Crippen LogP contribution in [-0.2, 0) is 16.2 Å². The first kappa shape index (κ1) is 29.4. The molecule has 7 rings (SSSR count). The summed E-state index contributed by atoms with van der Waals surface area (Å²) in [6.07, 6.45) is 0. The Morgan fingerprint density at radius 3 is 1.78 bits per heavy atom. The van der Waals surface area contributed by atoms with Crippen LogP contribution in [0.5, 0.6) is 5.75 Å². The highest BCUT2D eigenvalue weighted by Crippen LogP contribution is 2.64. The lowest BCUT2D eigenvalue weighted by Crippen LogP contribution is -2.36. The van der Waals surface area contributed by atoms with Crippen molar-refractivity contribution in [3.63, 3.8) is 0 Å². The SMILES string of the molecule is COc1cc2c(cc1C)N(c1cc(C(C)(C)C)cc(C(C)(C)C)c1)c1ccccc1C21c2ccccc2-c2cc(C)c(C)cc21. The van der Waals surface area contributed by atoms with Gasteiger partial charge in [-0.25, -0.2) is 0 Å². The molecule has 0 bridgehead atoms. The molecule has 0 saturated heterocycles. The van der Waals surface area contributed by atoms with E-state index in [1.165, 1.54) is 72.7 Å². The van der Waals surface area contributed by atoms with Crippen LogP contribution in [0.1, 0.15) is 91.6 Å². The van der Waals surface area contributed by atoms with Gasteiger partial charge in [0.25, 0.3) is 0 Å². The molecule has 1 spiro atoms. The molecule has 0 saturated carbocycles. The first-order chi connectivity index (χ1) is 21.3. The third kappa shape index (κ3) is 4.22. The minimum atomic E-state index is -0.484. The van der Waals surface area contributed by atoms with Gasteiger partial charge in [0.05, 0.1) is 23.9 Å². The predicted octanol–water partition coefficient (Wildman–Crippen LogP) is 11.4. The van der Waals surface area contributed by atoms with Gasteiger partial charge in [0.2, 0.25) is 0 Å². The van der Waals surface area contributed by atoms with E-state index in [1.807, 2.05) is 0 Å². The van der Waals surface area contributed by atoms with Crippen LogP contribution in [0.4, 0.5) is 17.1 Å². The van der Waals surface area contributed by atoms with E-state index in [1.54, 1.807) is 7.11 Å². The normalized spacial score (nSPS) is 16.7. The Balaban J connectivity index is 1.65. The smallest absolute Gasteiger partial charge is 0.122 e. The number of rotatable bonds is 2. The summed E-state index contributed by atoms with van der Waals surface area (Å²) >= 11 is 0. The quantitative estimate of drug-likeness (QED) is 0.198. The summed E-state index contributed by atoms with van der Waals surface area (Å²) in [5.74, 6) is 0.918. The average molecular weight is 592 g/mol. The van der Waals surface area contributed by atoms with Crippen LogP contribution in [0, 0.1) is 20.8 Å². The average Bonchev–Trinajstić information content (AvgIpc) is 3.26. The number of ether oxygens (including phenoxy) is 1. The standard InChI is InChI=1S/C43H45NO/c1-26-19-33-32-15-11-12-16-34(32)43(36(33)20-27(26)2)35-17-13-14-18-38(35)44(39-21-28(3)40(45-10)25-37(39)43)31-23-29(41(4,5)6)22-30(24-31)42(7,8)9/h11-25H,1-10H3. The van der Waals surface area contributed by atoms with Crippen molar-refractivity contribution in [2.75, 3.05) is 12.0 Å². The summed E-state index contributed by atoms with van der Waals surface area (Å²) in [4.78, 5) is 2.52. The zero-order chi connectivity index (χ0) is 32.1. The first-order valence-corrected chi connectivity index (χ1v) is 16.2. The second-order valence-corrected chi connectivity index (χ2v) is 15.2. The van der Waals surface area contributed by atoms with Crippen molar-refractivity contribution >= 4 is 17.1 Å². The van der Waals surface area contributed by atoms with Gasteiger partial charge in [-0.2, -0.15) is 0 Å². The van der Waals surface area contributed by atoms with E-state index < -0.39 is 5.41 Å². The molecule has 1 atom stereocenters. The van der Waals surface area contributed by atoms with E-state index in [2.05, 4.69) is 158 Å². The molecule has 1 unspecified atom stereocenters. The van der Waals surface area contributed by atoms with Gasteiger partial charge in [0.15, 0.2) is 0 Å². The van der Waals surface area contributed by atoms with Crippen molar-refractivity contribution in [1.29, 1.82) is 0 Å². The molecule has 1 aliphatic heterocycles. The molecule has 2 nitrogen and oxygen atoms in total. The number of para-hydroxylation sites is 1. The maximum absolute atomic E-state index is 6.07. The molecule has 0 aromatic heterocycles. The molecule has 0 N–H and O–H groups in total. The van der Waals surface area contributed by atoms with Crippen LogP contribution in [-0.4, -0.2) is 7.11 Å². The van der Waals surface area contributed by atoms with Crippen LogP contribution in [0.15, 0.2) is 91.0 Å². The molecule has 0 amide bonds. The summed E-state index contributed by atoms with van der Waals surface area (Å²) < 4.78 is 6.07. The number of aryl methyl sites for hydroxylation is 3. The fraction of sp³-hybridized carbons (Fsp3) is 0.302. The zero-order valence-electron chi connectivity index (χ0n) is 28.5. The summed E-state index contributed by atoms with van der Waals surface area (Å²) in [6.45, 7) is 20.5. The van der Waals surface area contributed by atoms with Gasteiger partial charge < -0.3 is 9.64 Å². The summed E-state index contributed by atoms with van der Waals surface area (Å²) in [7, 11) is 1.79. The van der Waals surface area contributed by atoms with E-state index in [4.69, 9.17) is 4.74 Å². The van der Waals surface area contributed by atoms with Crippen molar-refractivity contribution in [2.24, 2.45) is 0 Å². The minimum Gasteiger partial charge on any atom is -0.496 e. The minimum absolute atomic E-state index is 0.00388. The molecule has 1 heterocycles. The highest BCUT2D eigenvalue weighted by atomic mass is 16.5. The maximum Gasteiger partial charge on any atom is 0.122 e. The molecule has 2 aliphatic rings. The van der Waals surface area contributed by atoms with E-state index in [9.17, 15) is 0 Å². The van der Waals surface area contributed by atoms with Gasteiger partial charge in [0.1, 0.15) is 5.75 Å². The highest BCUT2D eigenvalue weighted by Gasteiger charge is 2.52. The molecule has 5 aromatic rings. The van der Waals surface area contributed by atoms with E-state index in [0.717, 1.165) is 11.3 Å². The number of hydrogen-bond donors (Lipinski definition) is 0. The number of benzene rings is 5. The van der Waals surface area contributed by atoms with Crippen molar-refractivity contribution in [1.82, 2.24) is 0 Å². The van der Waals surface area contributed by atoms with E-state index in [0.29, 0.717) is 0 Å². The van der Waals surface area contributed by atoms with Gasteiger partial charge in [-0.1, -0.05) is 102 Å². The Bertz CT molecular complexity index is 1970. The molecular weight excluding hydrogens is 546 g/mol. The Morgan fingerprint density at radius 2 is 1.13 bits per heavy atom. The Kier molecular flexibility index (Phi) is 6.44. The number of nitrogens with zero attached hydrogens (tertiary/aromatic N) is 1. The van der Waals surface area contributed by atoms with Crippen molar-refractivity contribution in [3.8, 4) is 16.9 Å². The van der Waals surface area contributed by atoms with E-state index in [-0.39, 0.29) is 10.8 Å². The predicted molar refractivity (Wildman–Crippen MR) is 190 cm³/mol. The monoisotopic (exact) mass is 591 g/mol. The number of hydrogen-bond acceptors (Lipinski definition) is 2. The Morgan fingerprint density at radius 1 is 0.533 bits per heavy atom. The first-order valence-electron chi connectivity index (χ1n) is 16.2. The molecule has 228 valence electrons. The molecule has 0 fully saturated rings. The maximum atomic E-state index is 6.07. The van der Waals surface area contributed by atoms with Gasteiger partial charge in [-0.05, 0) is 123 Å². The van der Waals surface area contributed by atoms with Gasteiger partial charge in [0, 0.05) is 5.69 Å². The number of anilines is 3. The highest BCUT2D eigenvalue weighted by molar-refractivity contribution is 5.96. The lowest BCUT2D eigenvalue weighted by molar-refractivity contribution is 0.410. The topological polar surface area (TPSA) is 12.5 Å². The third-order valence-electron chi connectivity index (χ3n) is 10.3. The molecule has 5 aromatic carbocycles.